The minimum Gasteiger partial charge on any atom is -0.365 e. The molecule has 1 aliphatic carbocycles. The van der Waals surface area contributed by atoms with Crippen molar-refractivity contribution in [2.75, 3.05) is 17.7 Å². The first kappa shape index (κ1) is 11.2. The van der Waals surface area contributed by atoms with E-state index >= 15 is 0 Å². The summed E-state index contributed by atoms with van der Waals surface area (Å²) < 4.78 is 0. The quantitative estimate of drug-likeness (QED) is 0.818. The van der Waals surface area contributed by atoms with Crippen LogP contribution in [0.5, 0.6) is 0 Å². The van der Waals surface area contributed by atoms with Crippen LogP contribution < -0.4 is 10.6 Å². The Balaban J connectivity index is 2.16. The van der Waals surface area contributed by atoms with E-state index in [1.54, 1.807) is 0 Å². The maximum Gasteiger partial charge on any atom is 0.224 e. The van der Waals surface area contributed by atoms with Gasteiger partial charge in [0.05, 0.1) is 0 Å². The highest BCUT2D eigenvalue weighted by molar-refractivity contribution is 5.44. The van der Waals surface area contributed by atoms with E-state index in [0.29, 0.717) is 5.95 Å². The third kappa shape index (κ3) is 2.43. The lowest BCUT2D eigenvalue weighted by Gasteiger charge is -2.27. The molecule has 0 spiro atoms. The van der Waals surface area contributed by atoms with Crippen molar-refractivity contribution >= 4 is 11.8 Å². The summed E-state index contributed by atoms with van der Waals surface area (Å²) >= 11 is 0. The van der Waals surface area contributed by atoms with Crippen LogP contribution in [0.25, 0.3) is 0 Å². The molecule has 2 N–H and O–H groups in total. The fourth-order valence-corrected chi connectivity index (χ4v) is 1.98. The predicted octanol–water partition coefficient (Wildman–Crippen LogP) is 2.43. The maximum atomic E-state index is 4.41. The molecule has 0 amide bonds. The minimum absolute atomic E-state index is 0.131. The monoisotopic (exact) mass is 220 g/mol. The average molecular weight is 220 g/mol. The van der Waals surface area contributed by atoms with E-state index in [1.165, 1.54) is 12.8 Å². The van der Waals surface area contributed by atoms with Crippen LogP contribution in [-0.2, 0) is 0 Å². The molecule has 88 valence electrons. The molecule has 1 heterocycles. The van der Waals surface area contributed by atoms with Crippen molar-refractivity contribution in [3.05, 3.63) is 11.8 Å². The molecule has 0 bridgehead atoms. The standard InChI is InChI=1S/C12H20N4/c1-8-7-10(15-11(13-4)14-8)16-12(2,3)9-5-6-9/h7,9H,5-6H2,1-4H3,(H2,13,14,15,16). The molecule has 1 aromatic rings. The normalized spacial score (nSPS) is 16.0. The molecular weight excluding hydrogens is 200 g/mol. The molecule has 0 aliphatic heterocycles. The van der Waals surface area contributed by atoms with E-state index in [2.05, 4.69) is 34.4 Å². The van der Waals surface area contributed by atoms with Crippen LogP contribution in [0.15, 0.2) is 6.07 Å². The second-order valence-electron chi connectivity index (χ2n) is 5.09. The fraction of sp³-hybridized carbons (Fsp3) is 0.667. The molecule has 4 heteroatoms. The van der Waals surface area contributed by atoms with E-state index in [4.69, 9.17) is 0 Å². The van der Waals surface area contributed by atoms with Gasteiger partial charge in [-0.3, -0.25) is 0 Å². The van der Waals surface area contributed by atoms with Gasteiger partial charge < -0.3 is 10.6 Å². The Kier molecular flexibility index (Phi) is 2.74. The lowest BCUT2D eigenvalue weighted by molar-refractivity contribution is 0.492. The molecule has 2 rings (SSSR count). The van der Waals surface area contributed by atoms with Crippen molar-refractivity contribution in [3.8, 4) is 0 Å². The number of rotatable bonds is 4. The summed E-state index contributed by atoms with van der Waals surface area (Å²) in [5.74, 6) is 2.36. The van der Waals surface area contributed by atoms with Gasteiger partial charge in [-0.05, 0) is 39.5 Å². The highest BCUT2D eigenvalue weighted by atomic mass is 15.1. The van der Waals surface area contributed by atoms with E-state index in [9.17, 15) is 0 Å². The number of aromatic nitrogens is 2. The van der Waals surface area contributed by atoms with Crippen LogP contribution in [0.4, 0.5) is 11.8 Å². The van der Waals surface area contributed by atoms with Crippen LogP contribution >= 0.6 is 0 Å². The first-order valence-electron chi connectivity index (χ1n) is 5.83. The highest BCUT2D eigenvalue weighted by Crippen LogP contribution is 2.40. The molecule has 1 saturated carbocycles. The summed E-state index contributed by atoms with van der Waals surface area (Å²) in [7, 11) is 1.84. The molecule has 16 heavy (non-hydrogen) atoms. The smallest absolute Gasteiger partial charge is 0.224 e. The zero-order valence-corrected chi connectivity index (χ0v) is 10.5. The van der Waals surface area contributed by atoms with Crippen LogP contribution in [0.3, 0.4) is 0 Å². The van der Waals surface area contributed by atoms with Crippen LogP contribution in [-0.4, -0.2) is 22.6 Å². The first-order valence-corrected chi connectivity index (χ1v) is 5.83. The Morgan fingerprint density at radius 1 is 1.31 bits per heavy atom. The number of aryl methyl sites for hydroxylation is 1. The molecule has 1 aromatic heterocycles. The molecule has 1 aliphatic rings. The van der Waals surface area contributed by atoms with Gasteiger partial charge in [-0.25, -0.2) is 4.98 Å². The average Bonchev–Trinajstić information content (AvgIpc) is 2.98. The Morgan fingerprint density at radius 3 is 2.56 bits per heavy atom. The van der Waals surface area contributed by atoms with Crippen molar-refractivity contribution in [2.24, 2.45) is 5.92 Å². The Hall–Kier alpha value is -1.32. The molecular formula is C12H20N4. The molecule has 0 radical (unpaired) electrons. The number of anilines is 2. The van der Waals surface area contributed by atoms with Crippen LogP contribution in [0.2, 0.25) is 0 Å². The van der Waals surface area contributed by atoms with Gasteiger partial charge in [-0.2, -0.15) is 4.98 Å². The topological polar surface area (TPSA) is 49.8 Å². The van der Waals surface area contributed by atoms with Crippen molar-refractivity contribution in [1.29, 1.82) is 0 Å². The van der Waals surface area contributed by atoms with Gasteiger partial charge in [0.15, 0.2) is 0 Å². The summed E-state index contributed by atoms with van der Waals surface area (Å²) in [6.45, 7) is 6.46. The predicted molar refractivity (Wildman–Crippen MR) is 66.7 cm³/mol. The van der Waals surface area contributed by atoms with Gasteiger partial charge in [0, 0.05) is 24.3 Å². The maximum absolute atomic E-state index is 4.41. The van der Waals surface area contributed by atoms with Gasteiger partial charge in [0.1, 0.15) is 5.82 Å². The van der Waals surface area contributed by atoms with Gasteiger partial charge in [-0.1, -0.05) is 0 Å². The Labute approximate surface area is 96.9 Å². The van der Waals surface area contributed by atoms with Crippen molar-refractivity contribution < 1.29 is 0 Å². The second-order valence-corrected chi connectivity index (χ2v) is 5.09. The third-order valence-electron chi connectivity index (χ3n) is 3.13. The summed E-state index contributed by atoms with van der Waals surface area (Å²) in [6.07, 6.45) is 2.64. The summed E-state index contributed by atoms with van der Waals surface area (Å²) in [5.41, 5.74) is 1.11. The van der Waals surface area contributed by atoms with E-state index in [-0.39, 0.29) is 5.54 Å². The minimum atomic E-state index is 0.131. The largest absolute Gasteiger partial charge is 0.365 e. The van der Waals surface area contributed by atoms with E-state index in [0.717, 1.165) is 17.4 Å². The number of hydrogen-bond acceptors (Lipinski definition) is 4. The molecule has 0 atom stereocenters. The van der Waals surface area contributed by atoms with E-state index in [1.807, 2.05) is 20.0 Å². The van der Waals surface area contributed by atoms with Gasteiger partial charge in [0.2, 0.25) is 5.95 Å². The highest BCUT2D eigenvalue weighted by Gasteiger charge is 2.37. The molecule has 0 aromatic carbocycles. The zero-order chi connectivity index (χ0) is 11.8. The lowest BCUT2D eigenvalue weighted by Crippen LogP contribution is -2.33. The summed E-state index contributed by atoms with van der Waals surface area (Å²) in [6, 6.07) is 1.99. The fourth-order valence-electron chi connectivity index (χ4n) is 1.98. The van der Waals surface area contributed by atoms with Crippen LogP contribution in [0.1, 0.15) is 32.4 Å². The zero-order valence-electron chi connectivity index (χ0n) is 10.5. The second kappa shape index (κ2) is 3.92. The SMILES string of the molecule is CNc1nc(C)cc(NC(C)(C)C2CC2)n1. The summed E-state index contributed by atoms with van der Waals surface area (Å²) in [4.78, 5) is 8.69. The first-order chi connectivity index (χ1) is 7.51. The van der Waals surface area contributed by atoms with Gasteiger partial charge >= 0.3 is 0 Å². The molecule has 0 saturated heterocycles. The van der Waals surface area contributed by atoms with E-state index < -0.39 is 0 Å². The molecule has 1 fully saturated rings. The summed E-state index contributed by atoms with van der Waals surface area (Å²) in [5, 5.41) is 6.48. The van der Waals surface area contributed by atoms with Crippen molar-refractivity contribution in [2.45, 2.75) is 39.2 Å². The molecule has 4 nitrogen and oxygen atoms in total. The van der Waals surface area contributed by atoms with Crippen LogP contribution in [0, 0.1) is 12.8 Å². The van der Waals surface area contributed by atoms with Crippen molar-refractivity contribution in [1.82, 2.24) is 9.97 Å². The van der Waals surface area contributed by atoms with Gasteiger partial charge in [-0.15, -0.1) is 0 Å². The Bertz CT molecular complexity index is 383. The number of nitrogens with zero attached hydrogens (tertiary/aromatic N) is 2. The van der Waals surface area contributed by atoms with Crippen molar-refractivity contribution in [3.63, 3.8) is 0 Å². The lowest BCUT2D eigenvalue weighted by atomic mass is 9.99. The Morgan fingerprint density at radius 2 is 2.00 bits per heavy atom. The third-order valence-corrected chi connectivity index (χ3v) is 3.13. The number of nitrogens with one attached hydrogen (secondary N) is 2. The van der Waals surface area contributed by atoms with Gasteiger partial charge in [0.25, 0.3) is 0 Å². The number of hydrogen-bond donors (Lipinski definition) is 2. The molecule has 0 unspecified atom stereocenters.